The Hall–Kier alpha value is -0.373. The van der Waals surface area contributed by atoms with E-state index in [0.29, 0.717) is 6.42 Å². The van der Waals surface area contributed by atoms with Crippen LogP contribution in [0.3, 0.4) is 0 Å². The van der Waals surface area contributed by atoms with Crippen LogP contribution in [0.1, 0.15) is 33.1 Å². The van der Waals surface area contributed by atoms with Crippen molar-refractivity contribution in [1.29, 1.82) is 5.26 Å². The van der Waals surface area contributed by atoms with Gasteiger partial charge in [0.05, 0.1) is 6.07 Å². The molecule has 0 aromatic carbocycles. The van der Waals surface area contributed by atoms with Gasteiger partial charge in [-0.15, -0.1) is 0 Å². The van der Waals surface area contributed by atoms with Gasteiger partial charge in [0.2, 0.25) is 0 Å². The summed E-state index contributed by atoms with van der Waals surface area (Å²) in [5, 5.41) is 8.43. The van der Waals surface area contributed by atoms with Gasteiger partial charge in [-0.2, -0.15) is 5.26 Å². The van der Waals surface area contributed by atoms with Crippen molar-refractivity contribution in [3.8, 4) is 6.07 Å². The molecule has 0 amide bonds. The normalized spacial score (nSPS) is 10.3. The van der Waals surface area contributed by atoms with Crippen LogP contribution in [0.15, 0.2) is 0 Å². The van der Waals surface area contributed by atoms with E-state index in [-0.39, 0.29) is 0 Å². The molecule has 0 atom stereocenters. The highest BCUT2D eigenvalue weighted by Crippen LogP contribution is 2.02. The minimum atomic E-state index is -1.51. The Kier molecular flexibility index (Phi) is 9.43. The summed E-state index contributed by atoms with van der Waals surface area (Å²) in [7, 11) is -1.51. The molecular formula is C9H19NO2Si. The molecule has 0 aromatic rings. The molecule has 0 bridgehead atoms. The summed E-state index contributed by atoms with van der Waals surface area (Å²) < 4.78 is 11.1. The highest BCUT2D eigenvalue weighted by Gasteiger charge is 2.11. The smallest absolute Gasteiger partial charge is 0.322 e. The van der Waals surface area contributed by atoms with E-state index in [4.69, 9.17) is 14.1 Å². The van der Waals surface area contributed by atoms with Crippen molar-refractivity contribution >= 4 is 9.28 Å². The van der Waals surface area contributed by atoms with E-state index < -0.39 is 9.28 Å². The number of nitriles is 1. The lowest BCUT2D eigenvalue weighted by Gasteiger charge is -2.14. The van der Waals surface area contributed by atoms with Crippen molar-refractivity contribution < 1.29 is 8.85 Å². The lowest BCUT2D eigenvalue weighted by Crippen LogP contribution is -2.23. The first-order chi connectivity index (χ1) is 6.35. The maximum atomic E-state index is 8.43. The molecule has 0 spiro atoms. The number of rotatable bonds is 8. The van der Waals surface area contributed by atoms with Crippen LogP contribution in [0.2, 0.25) is 6.04 Å². The monoisotopic (exact) mass is 201 g/mol. The van der Waals surface area contributed by atoms with Crippen molar-refractivity contribution in [2.75, 3.05) is 13.2 Å². The summed E-state index contributed by atoms with van der Waals surface area (Å²) >= 11 is 0. The molecule has 3 nitrogen and oxygen atoms in total. The van der Waals surface area contributed by atoms with E-state index in [9.17, 15) is 0 Å². The topological polar surface area (TPSA) is 42.2 Å². The molecule has 76 valence electrons. The van der Waals surface area contributed by atoms with Gasteiger partial charge in [0, 0.05) is 25.7 Å². The Morgan fingerprint density at radius 1 is 1.15 bits per heavy atom. The average molecular weight is 201 g/mol. The van der Waals surface area contributed by atoms with Gasteiger partial charge in [0.15, 0.2) is 0 Å². The molecule has 0 heterocycles. The molecule has 0 rings (SSSR count). The minimum absolute atomic E-state index is 0.560. The highest BCUT2D eigenvalue weighted by molar-refractivity contribution is 6.44. The second-order valence-corrected chi connectivity index (χ2v) is 4.97. The zero-order valence-electron chi connectivity index (χ0n) is 8.58. The molecule has 4 heteroatoms. The predicted octanol–water partition coefficient (Wildman–Crippen LogP) is 1.97. The minimum Gasteiger partial charge on any atom is -0.397 e. The number of hydrogen-bond acceptors (Lipinski definition) is 3. The number of nitrogens with zero attached hydrogens (tertiary/aromatic N) is 1. The van der Waals surface area contributed by atoms with Crippen LogP contribution in [0.25, 0.3) is 0 Å². The molecule has 0 saturated heterocycles. The molecule has 0 fully saturated rings. The molecule has 0 aliphatic rings. The Labute approximate surface area is 82.5 Å². The maximum absolute atomic E-state index is 8.43. The fraction of sp³-hybridized carbons (Fsp3) is 0.889. The van der Waals surface area contributed by atoms with Crippen LogP contribution < -0.4 is 0 Å². The van der Waals surface area contributed by atoms with Gasteiger partial charge >= 0.3 is 9.28 Å². The van der Waals surface area contributed by atoms with Crippen molar-refractivity contribution in [3.63, 3.8) is 0 Å². The third-order valence-corrected chi connectivity index (χ3v) is 3.48. The lowest BCUT2D eigenvalue weighted by molar-refractivity contribution is 0.196. The van der Waals surface area contributed by atoms with Crippen LogP contribution in [-0.2, 0) is 8.85 Å². The highest BCUT2D eigenvalue weighted by atomic mass is 28.3. The van der Waals surface area contributed by atoms with Gasteiger partial charge in [0.1, 0.15) is 0 Å². The summed E-state index contributed by atoms with van der Waals surface area (Å²) in [6.07, 6.45) is 2.60. The summed E-state index contributed by atoms with van der Waals surface area (Å²) in [6, 6.07) is 2.94. The zero-order chi connectivity index (χ0) is 9.94. The van der Waals surface area contributed by atoms with Gasteiger partial charge in [-0.3, -0.25) is 0 Å². The Balaban J connectivity index is 3.54. The SMILES string of the molecule is CCCO[SiH](CCC#N)OCCC. The van der Waals surface area contributed by atoms with Crippen LogP contribution in [-0.4, -0.2) is 22.5 Å². The predicted molar refractivity (Wildman–Crippen MR) is 54.7 cm³/mol. The van der Waals surface area contributed by atoms with E-state index in [0.717, 1.165) is 32.1 Å². The van der Waals surface area contributed by atoms with E-state index in [1.165, 1.54) is 0 Å². The second-order valence-electron chi connectivity index (χ2n) is 2.87. The Morgan fingerprint density at radius 2 is 1.69 bits per heavy atom. The van der Waals surface area contributed by atoms with Crippen LogP contribution in [0.4, 0.5) is 0 Å². The molecule has 0 aliphatic carbocycles. The quantitative estimate of drug-likeness (QED) is 0.564. The molecule has 0 unspecified atom stereocenters. The van der Waals surface area contributed by atoms with E-state index >= 15 is 0 Å². The molecule has 0 saturated carbocycles. The van der Waals surface area contributed by atoms with Crippen molar-refractivity contribution in [2.24, 2.45) is 0 Å². The maximum Gasteiger partial charge on any atom is 0.322 e. The van der Waals surface area contributed by atoms with Crippen LogP contribution >= 0.6 is 0 Å². The van der Waals surface area contributed by atoms with E-state index in [1.807, 2.05) is 0 Å². The van der Waals surface area contributed by atoms with Gasteiger partial charge in [-0.25, -0.2) is 0 Å². The van der Waals surface area contributed by atoms with E-state index in [2.05, 4.69) is 19.9 Å². The van der Waals surface area contributed by atoms with Gasteiger partial charge in [-0.1, -0.05) is 13.8 Å². The first kappa shape index (κ1) is 12.6. The summed E-state index contributed by atoms with van der Waals surface area (Å²) in [5.41, 5.74) is 0. The molecule has 13 heavy (non-hydrogen) atoms. The van der Waals surface area contributed by atoms with Crippen molar-refractivity contribution in [3.05, 3.63) is 0 Å². The molecule has 0 aliphatic heterocycles. The summed E-state index contributed by atoms with van der Waals surface area (Å²) in [5.74, 6) is 0. The summed E-state index contributed by atoms with van der Waals surface area (Å²) in [6.45, 7) is 5.70. The Bertz CT molecular complexity index is 139. The third kappa shape index (κ3) is 7.97. The van der Waals surface area contributed by atoms with Crippen LogP contribution in [0.5, 0.6) is 0 Å². The first-order valence-electron chi connectivity index (χ1n) is 4.95. The summed E-state index contributed by atoms with van der Waals surface area (Å²) in [4.78, 5) is 0. The molecular weight excluding hydrogens is 182 g/mol. The van der Waals surface area contributed by atoms with E-state index in [1.54, 1.807) is 0 Å². The molecule has 0 aromatic heterocycles. The van der Waals surface area contributed by atoms with Gasteiger partial charge in [0.25, 0.3) is 0 Å². The van der Waals surface area contributed by atoms with Crippen molar-refractivity contribution in [1.82, 2.24) is 0 Å². The number of hydrogen-bond donors (Lipinski definition) is 0. The largest absolute Gasteiger partial charge is 0.397 e. The van der Waals surface area contributed by atoms with Gasteiger partial charge in [-0.05, 0) is 12.8 Å². The lowest BCUT2D eigenvalue weighted by atomic mass is 10.5. The van der Waals surface area contributed by atoms with Crippen LogP contribution in [0, 0.1) is 11.3 Å². The average Bonchev–Trinajstić information content (AvgIpc) is 2.17. The zero-order valence-corrected chi connectivity index (χ0v) is 9.74. The fourth-order valence-electron chi connectivity index (χ4n) is 0.896. The van der Waals surface area contributed by atoms with Crippen molar-refractivity contribution in [2.45, 2.75) is 39.2 Å². The Morgan fingerprint density at radius 3 is 2.08 bits per heavy atom. The third-order valence-electron chi connectivity index (χ3n) is 1.51. The fourth-order valence-corrected chi connectivity index (χ4v) is 2.69. The molecule has 0 radical (unpaired) electrons. The standard InChI is InChI=1S/C9H19NO2Si/c1-3-7-11-13(9-5-6-10)12-8-4-2/h13H,3-5,7-9H2,1-2H3. The first-order valence-corrected chi connectivity index (χ1v) is 6.71. The van der Waals surface area contributed by atoms with Gasteiger partial charge < -0.3 is 8.85 Å². The second kappa shape index (κ2) is 9.71. The molecule has 0 N–H and O–H groups in total.